The summed E-state index contributed by atoms with van der Waals surface area (Å²) in [5, 5.41) is 2.47. The number of benzene rings is 1. The van der Waals surface area contributed by atoms with Crippen molar-refractivity contribution in [1.82, 2.24) is 4.98 Å². The third-order valence-electron chi connectivity index (χ3n) is 2.30. The molecule has 0 aliphatic heterocycles. The van der Waals surface area contributed by atoms with E-state index >= 15 is 0 Å². The van der Waals surface area contributed by atoms with E-state index < -0.39 is 17.5 Å². The molecule has 0 atom stereocenters. The maximum atomic E-state index is 13.4. The summed E-state index contributed by atoms with van der Waals surface area (Å²) in [6.45, 7) is 0. The average Bonchev–Trinajstić information content (AvgIpc) is 2.35. The molecule has 2 rings (SSSR count). The Bertz CT molecular complexity index is 646. The number of hydrogen-bond donors (Lipinski definition) is 2. The first-order chi connectivity index (χ1) is 8.97. The van der Waals surface area contributed by atoms with Crippen LogP contribution in [0, 0.1) is 17.5 Å². The topological polar surface area (TPSA) is 50.9 Å². The fourth-order valence-corrected chi connectivity index (χ4v) is 1.56. The van der Waals surface area contributed by atoms with Crippen LogP contribution in [0.3, 0.4) is 0 Å². The number of thiocarbonyl (C=S) groups is 1. The number of anilines is 2. The van der Waals surface area contributed by atoms with Crippen molar-refractivity contribution in [1.29, 1.82) is 0 Å². The van der Waals surface area contributed by atoms with Crippen molar-refractivity contribution >= 4 is 28.7 Å². The van der Waals surface area contributed by atoms with Crippen LogP contribution >= 0.6 is 12.2 Å². The van der Waals surface area contributed by atoms with Gasteiger partial charge in [-0.15, -0.1) is 0 Å². The highest BCUT2D eigenvalue weighted by Gasteiger charge is 2.12. The summed E-state index contributed by atoms with van der Waals surface area (Å²) in [7, 11) is 0. The van der Waals surface area contributed by atoms with Gasteiger partial charge in [-0.1, -0.05) is 12.2 Å². The number of pyridine rings is 1. The summed E-state index contributed by atoms with van der Waals surface area (Å²) in [4.78, 5) is 4.02. The minimum Gasteiger partial charge on any atom is -0.389 e. The van der Waals surface area contributed by atoms with Crippen molar-refractivity contribution in [3.8, 4) is 0 Å². The second kappa shape index (κ2) is 5.23. The predicted molar refractivity (Wildman–Crippen MR) is 69.7 cm³/mol. The number of nitrogens with two attached hydrogens (primary N) is 1. The van der Waals surface area contributed by atoms with E-state index in [2.05, 4.69) is 10.3 Å². The summed E-state index contributed by atoms with van der Waals surface area (Å²) in [6, 6.07) is 4.30. The summed E-state index contributed by atoms with van der Waals surface area (Å²) in [5.74, 6) is -3.20. The SMILES string of the molecule is NC(=S)c1ccnc(Nc2cc(F)cc(F)c2F)c1. The lowest BCUT2D eigenvalue weighted by Gasteiger charge is -2.08. The molecule has 0 spiro atoms. The van der Waals surface area contributed by atoms with Crippen LogP contribution in [0.5, 0.6) is 0 Å². The quantitative estimate of drug-likeness (QED) is 0.672. The minimum atomic E-state index is -1.28. The Morgan fingerprint density at radius 2 is 1.95 bits per heavy atom. The standard InChI is InChI=1S/C12H8F3N3S/c13-7-4-8(14)11(15)9(5-7)18-10-3-6(12(16)19)1-2-17-10/h1-5H,(H2,16,19)(H,17,18). The van der Waals surface area contributed by atoms with E-state index in [0.717, 1.165) is 6.07 Å². The highest BCUT2D eigenvalue weighted by Crippen LogP contribution is 2.22. The summed E-state index contributed by atoms with van der Waals surface area (Å²) in [6.07, 6.45) is 1.39. The first-order valence-electron chi connectivity index (χ1n) is 5.15. The van der Waals surface area contributed by atoms with E-state index in [0.29, 0.717) is 11.6 Å². The van der Waals surface area contributed by atoms with Gasteiger partial charge in [0.2, 0.25) is 0 Å². The van der Waals surface area contributed by atoms with Crippen LogP contribution in [-0.2, 0) is 0 Å². The number of rotatable bonds is 3. The first-order valence-corrected chi connectivity index (χ1v) is 5.55. The Balaban J connectivity index is 2.36. The van der Waals surface area contributed by atoms with Crippen LogP contribution in [-0.4, -0.2) is 9.97 Å². The fourth-order valence-electron chi connectivity index (χ4n) is 1.44. The molecule has 0 bridgehead atoms. The molecule has 0 aliphatic rings. The minimum absolute atomic E-state index is 0.136. The van der Waals surface area contributed by atoms with Crippen molar-refractivity contribution in [2.45, 2.75) is 0 Å². The van der Waals surface area contributed by atoms with E-state index in [1.54, 1.807) is 6.07 Å². The van der Waals surface area contributed by atoms with Crippen LogP contribution in [0.15, 0.2) is 30.5 Å². The lowest BCUT2D eigenvalue weighted by molar-refractivity contribution is 0.498. The van der Waals surface area contributed by atoms with Gasteiger partial charge in [0.1, 0.15) is 16.6 Å². The molecule has 0 amide bonds. The molecule has 0 aliphatic carbocycles. The second-order valence-electron chi connectivity index (χ2n) is 3.67. The summed E-state index contributed by atoms with van der Waals surface area (Å²) in [5.41, 5.74) is 5.58. The molecule has 7 heteroatoms. The predicted octanol–water partition coefficient (Wildman–Crippen LogP) is 2.88. The largest absolute Gasteiger partial charge is 0.389 e. The van der Waals surface area contributed by atoms with E-state index in [9.17, 15) is 13.2 Å². The molecule has 0 radical (unpaired) electrons. The van der Waals surface area contributed by atoms with Crippen LogP contribution in [0.25, 0.3) is 0 Å². The summed E-state index contributed by atoms with van der Waals surface area (Å²) >= 11 is 4.78. The van der Waals surface area contributed by atoms with Gasteiger partial charge in [-0.05, 0) is 12.1 Å². The van der Waals surface area contributed by atoms with Crippen LogP contribution < -0.4 is 11.1 Å². The Hall–Kier alpha value is -2.15. The molecule has 0 saturated heterocycles. The Labute approximate surface area is 112 Å². The zero-order valence-corrected chi connectivity index (χ0v) is 10.3. The average molecular weight is 283 g/mol. The molecule has 0 saturated carbocycles. The first kappa shape index (κ1) is 13.3. The maximum absolute atomic E-state index is 13.4. The molecule has 3 nitrogen and oxygen atoms in total. The maximum Gasteiger partial charge on any atom is 0.182 e. The molecule has 1 aromatic heterocycles. The number of nitrogens with zero attached hydrogens (tertiary/aromatic N) is 1. The van der Waals surface area contributed by atoms with Gasteiger partial charge in [0, 0.05) is 23.9 Å². The number of halogens is 3. The third-order valence-corrected chi connectivity index (χ3v) is 2.54. The Morgan fingerprint density at radius 1 is 1.21 bits per heavy atom. The van der Waals surface area contributed by atoms with Gasteiger partial charge in [0.25, 0.3) is 0 Å². The van der Waals surface area contributed by atoms with E-state index in [1.165, 1.54) is 12.3 Å². The van der Waals surface area contributed by atoms with Crippen LogP contribution in [0.4, 0.5) is 24.7 Å². The van der Waals surface area contributed by atoms with Gasteiger partial charge < -0.3 is 11.1 Å². The smallest absolute Gasteiger partial charge is 0.182 e. The highest BCUT2D eigenvalue weighted by atomic mass is 32.1. The number of nitrogens with one attached hydrogen (secondary N) is 1. The monoisotopic (exact) mass is 283 g/mol. The molecule has 19 heavy (non-hydrogen) atoms. The van der Waals surface area contributed by atoms with E-state index in [-0.39, 0.29) is 16.5 Å². The summed E-state index contributed by atoms with van der Waals surface area (Å²) < 4.78 is 39.5. The Kier molecular flexibility index (Phi) is 3.66. The zero-order chi connectivity index (χ0) is 14.0. The van der Waals surface area contributed by atoms with Gasteiger partial charge in [0.05, 0.1) is 5.69 Å². The van der Waals surface area contributed by atoms with Gasteiger partial charge in [-0.3, -0.25) is 0 Å². The van der Waals surface area contributed by atoms with Crippen LogP contribution in [0.1, 0.15) is 5.56 Å². The van der Waals surface area contributed by atoms with Gasteiger partial charge in [-0.2, -0.15) is 0 Å². The van der Waals surface area contributed by atoms with Crippen molar-refractivity contribution in [3.05, 3.63) is 53.5 Å². The molecule has 2 aromatic rings. The van der Waals surface area contributed by atoms with E-state index in [1.807, 2.05) is 0 Å². The number of hydrogen-bond acceptors (Lipinski definition) is 3. The van der Waals surface area contributed by atoms with Crippen LogP contribution in [0.2, 0.25) is 0 Å². The molecule has 0 unspecified atom stereocenters. The normalized spacial score (nSPS) is 10.3. The second-order valence-corrected chi connectivity index (χ2v) is 4.11. The lowest BCUT2D eigenvalue weighted by Crippen LogP contribution is -2.10. The molecule has 1 heterocycles. The van der Waals surface area contributed by atoms with Crippen molar-refractivity contribution < 1.29 is 13.2 Å². The van der Waals surface area contributed by atoms with Crippen molar-refractivity contribution in [2.24, 2.45) is 5.73 Å². The fraction of sp³-hybridized carbons (Fsp3) is 0. The molecule has 98 valence electrons. The van der Waals surface area contributed by atoms with Crippen molar-refractivity contribution in [2.75, 3.05) is 5.32 Å². The van der Waals surface area contributed by atoms with Gasteiger partial charge >= 0.3 is 0 Å². The molecule has 0 fully saturated rings. The molecular weight excluding hydrogens is 275 g/mol. The third kappa shape index (κ3) is 3.00. The number of aromatic nitrogens is 1. The molecule has 1 aromatic carbocycles. The lowest BCUT2D eigenvalue weighted by atomic mass is 10.2. The van der Waals surface area contributed by atoms with Gasteiger partial charge in [-0.25, -0.2) is 18.2 Å². The molecular formula is C12H8F3N3S. The van der Waals surface area contributed by atoms with Crippen molar-refractivity contribution in [3.63, 3.8) is 0 Å². The van der Waals surface area contributed by atoms with Gasteiger partial charge in [0.15, 0.2) is 11.6 Å². The highest BCUT2D eigenvalue weighted by molar-refractivity contribution is 7.80. The zero-order valence-electron chi connectivity index (χ0n) is 9.45. The molecule has 3 N–H and O–H groups in total. The van der Waals surface area contributed by atoms with E-state index in [4.69, 9.17) is 18.0 Å². The Morgan fingerprint density at radius 3 is 2.63 bits per heavy atom.